The maximum Gasteiger partial charge on any atom is 0.225 e. The largest absolute Gasteiger partial charge is 0.393 e. The van der Waals surface area contributed by atoms with Gasteiger partial charge in [-0.25, -0.2) is 18.7 Å². The van der Waals surface area contributed by atoms with Crippen molar-refractivity contribution in [3.05, 3.63) is 36.0 Å². The number of nitrogens with zero attached hydrogens (tertiary/aromatic N) is 5. The highest BCUT2D eigenvalue weighted by Crippen LogP contribution is 2.38. The van der Waals surface area contributed by atoms with Crippen LogP contribution in [0, 0.1) is 17.6 Å². The fraction of sp³-hybridized carbons (Fsp3) is 0.571. The molecule has 9 nitrogen and oxygen atoms in total. The molecule has 0 atom stereocenters. The van der Waals surface area contributed by atoms with Gasteiger partial charge in [-0.15, -0.1) is 0 Å². The van der Waals surface area contributed by atoms with Crippen LogP contribution in [-0.2, 0) is 4.79 Å². The number of anilines is 3. The average Bonchev–Trinajstić information content (AvgIpc) is 3.60. The summed E-state index contributed by atoms with van der Waals surface area (Å²) in [6, 6.07) is 3.59. The lowest BCUT2D eigenvalue weighted by atomic mass is 9.85. The van der Waals surface area contributed by atoms with E-state index in [-0.39, 0.29) is 35.7 Å². The van der Waals surface area contributed by atoms with Gasteiger partial charge in [0.05, 0.1) is 18.0 Å². The summed E-state index contributed by atoms with van der Waals surface area (Å²) < 4.78 is 30.1. The van der Waals surface area contributed by atoms with Gasteiger partial charge in [-0.3, -0.25) is 9.36 Å². The van der Waals surface area contributed by atoms with Crippen molar-refractivity contribution in [1.29, 1.82) is 0 Å². The second-order valence-electron chi connectivity index (χ2n) is 11.1. The molecule has 1 aromatic carbocycles. The van der Waals surface area contributed by atoms with Crippen LogP contribution >= 0.6 is 0 Å². The highest BCUT2D eigenvalue weighted by Gasteiger charge is 2.33. The van der Waals surface area contributed by atoms with Crippen molar-refractivity contribution in [3.8, 4) is 0 Å². The zero-order valence-corrected chi connectivity index (χ0v) is 22.0. The van der Waals surface area contributed by atoms with Crippen LogP contribution < -0.4 is 10.6 Å². The van der Waals surface area contributed by atoms with Gasteiger partial charge < -0.3 is 20.6 Å². The van der Waals surface area contributed by atoms with Crippen LogP contribution in [0.3, 0.4) is 0 Å². The lowest BCUT2D eigenvalue weighted by Gasteiger charge is -2.32. The Morgan fingerprint density at radius 1 is 0.974 bits per heavy atom. The van der Waals surface area contributed by atoms with Crippen molar-refractivity contribution in [1.82, 2.24) is 24.4 Å². The van der Waals surface area contributed by atoms with Crippen molar-refractivity contribution in [3.63, 3.8) is 0 Å². The number of likely N-dealkylation sites (tertiary alicyclic amines) is 1. The van der Waals surface area contributed by atoms with E-state index in [9.17, 15) is 18.7 Å². The van der Waals surface area contributed by atoms with Crippen LogP contribution in [0.1, 0.15) is 70.3 Å². The molecule has 208 valence electrons. The maximum absolute atomic E-state index is 14.6. The van der Waals surface area contributed by atoms with E-state index in [0.717, 1.165) is 83.4 Å². The molecule has 39 heavy (non-hydrogen) atoms. The first kappa shape index (κ1) is 25.9. The summed E-state index contributed by atoms with van der Waals surface area (Å²) in [7, 11) is 0. The molecule has 2 aliphatic carbocycles. The van der Waals surface area contributed by atoms with E-state index in [1.807, 2.05) is 9.47 Å². The number of nitrogens with one attached hydrogen (secondary N) is 2. The van der Waals surface area contributed by atoms with E-state index >= 15 is 0 Å². The smallest absolute Gasteiger partial charge is 0.225 e. The highest BCUT2D eigenvalue weighted by molar-refractivity contribution is 5.79. The minimum absolute atomic E-state index is 0.0104. The van der Waals surface area contributed by atoms with Crippen molar-refractivity contribution in [2.75, 3.05) is 23.7 Å². The van der Waals surface area contributed by atoms with Crippen molar-refractivity contribution in [2.45, 2.75) is 82.4 Å². The third kappa shape index (κ3) is 5.54. The summed E-state index contributed by atoms with van der Waals surface area (Å²) in [5.41, 5.74) is 1.32. The van der Waals surface area contributed by atoms with Crippen LogP contribution in [0.2, 0.25) is 0 Å². The van der Waals surface area contributed by atoms with E-state index in [1.54, 1.807) is 6.20 Å². The second kappa shape index (κ2) is 11.0. The summed E-state index contributed by atoms with van der Waals surface area (Å²) in [5.74, 6) is -0.168. The Hall–Kier alpha value is -3.34. The zero-order valence-electron chi connectivity index (χ0n) is 22.0. The van der Waals surface area contributed by atoms with Gasteiger partial charge in [0.1, 0.15) is 17.2 Å². The SMILES string of the molecule is O=C([C@H]1CC[C@@H](n2c(Nc3ccc(F)cc3F)nc3cnc(N[C@H]4CC[C@H](O)CC4)nc32)CC1)N1CCCC1. The quantitative estimate of drug-likeness (QED) is 0.408. The van der Waals surface area contributed by atoms with Crippen LogP contribution in [0.4, 0.5) is 26.4 Å². The average molecular weight is 540 g/mol. The first-order valence-electron chi connectivity index (χ1n) is 14.1. The van der Waals surface area contributed by atoms with Gasteiger partial charge in [-0.05, 0) is 76.3 Å². The predicted octanol–water partition coefficient (Wildman–Crippen LogP) is 4.92. The fourth-order valence-corrected chi connectivity index (χ4v) is 6.29. The number of halogens is 2. The number of amides is 1. The van der Waals surface area contributed by atoms with Gasteiger partial charge in [-0.2, -0.15) is 4.98 Å². The van der Waals surface area contributed by atoms with Crippen LogP contribution in [0.5, 0.6) is 0 Å². The zero-order chi connectivity index (χ0) is 26.9. The summed E-state index contributed by atoms with van der Waals surface area (Å²) >= 11 is 0. The molecule has 3 aliphatic rings. The molecule has 3 heterocycles. The van der Waals surface area contributed by atoms with Crippen LogP contribution in [0.25, 0.3) is 11.2 Å². The monoisotopic (exact) mass is 539 g/mol. The Balaban J connectivity index is 1.28. The maximum atomic E-state index is 14.6. The number of aliphatic hydroxyl groups excluding tert-OH is 1. The molecule has 0 unspecified atom stereocenters. The molecule has 3 fully saturated rings. The van der Waals surface area contributed by atoms with Gasteiger partial charge >= 0.3 is 0 Å². The molecule has 0 radical (unpaired) electrons. The lowest BCUT2D eigenvalue weighted by Crippen LogP contribution is -2.36. The van der Waals surface area contributed by atoms with Gasteiger partial charge in [0, 0.05) is 37.2 Å². The molecule has 2 saturated carbocycles. The first-order valence-corrected chi connectivity index (χ1v) is 14.1. The highest BCUT2D eigenvalue weighted by atomic mass is 19.1. The second-order valence-corrected chi connectivity index (χ2v) is 11.1. The molecular formula is C28H35F2N7O2. The standard InChI is InChI=1S/C28H35F2N7O2/c29-18-5-12-23(22(30)15-18)33-28-34-24-16-31-27(32-19-6-10-21(38)11-7-19)35-25(24)37(28)20-8-3-17(4-9-20)26(39)36-13-1-2-14-36/h5,12,15-17,19-21,38H,1-4,6-11,13-14H2,(H,33,34)(H,31,32,35)/t17-,19-,20+,21-. The fourth-order valence-electron chi connectivity index (χ4n) is 6.29. The first-order chi connectivity index (χ1) is 18.9. The number of hydrogen-bond acceptors (Lipinski definition) is 7. The normalized spacial score (nSPS) is 25.7. The number of imidazole rings is 1. The summed E-state index contributed by atoms with van der Waals surface area (Å²) in [5, 5.41) is 16.3. The van der Waals surface area contributed by atoms with Crippen LogP contribution in [0.15, 0.2) is 24.4 Å². The van der Waals surface area contributed by atoms with E-state index < -0.39 is 11.6 Å². The van der Waals surface area contributed by atoms with E-state index in [0.29, 0.717) is 23.1 Å². The van der Waals surface area contributed by atoms with Crippen molar-refractivity contribution in [2.24, 2.45) is 5.92 Å². The molecule has 2 aromatic heterocycles. The van der Waals surface area contributed by atoms with E-state index in [4.69, 9.17) is 9.97 Å². The van der Waals surface area contributed by atoms with E-state index in [2.05, 4.69) is 15.6 Å². The molecule has 1 saturated heterocycles. The summed E-state index contributed by atoms with van der Waals surface area (Å²) in [4.78, 5) is 29.0. The Morgan fingerprint density at radius 2 is 1.72 bits per heavy atom. The number of fused-ring (bicyclic) bond motifs is 1. The molecule has 0 bridgehead atoms. The number of aliphatic hydroxyl groups is 1. The molecule has 0 spiro atoms. The number of aromatic nitrogens is 4. The molecule has 11 heteroatoms. The summed E-state index contributed by atoms with van der Waals surface area (Å²) in [6.07, 6.45) is 9.81. The number of carbonyl (C=O) groups excluding carboxylic acids is 1. The molecule has 1 aliphatic heterocycles. The molecular weight excluding hydrogens is 504 g/mol. The molecule has 3 N–H and O–H groups in total. The van der Waals surface area contributed by atoms with Gasteiger partial charge in [0.15, 0.2) is 5.65 Å². The molecule has 1 amide bonds. The number of rotatable bonds is 6. The van der Waals surface area contributed by atoms with Gasteiger partial charge in [-0.1, -0.05) is 0 Å². The third-order valence-corrected chi connectivity index (χ3v) is 8.47. The number of benzene rings is 1. The van der Waals surface area contributed by atoms with Gasteiger partial charge in [0.2, 0.25) is 17.8 Å². The Morgan fingerprint density at radius 3 is 2.44 bits per heavy atom. The van der Waals surface area contributed by atoms with E-state index in [1.165, 1.54) is 12.1 Å². The Kier molecular flexibility index (Phi) is 7.33. The third-order valence-electron chi connectivity index (χ3n) is 8.47. The number of hydrogen-bond donors (Lipinski definition) is 3. The molecule has 6 rings (SSSR count). The molecule has 3 aromatic rings. The minimum Gasteiger partial charge on any atom is -0.393 e. The number of carbonyl (C=O) groups is 1. The lowest BCUT2D eigenvalue weighted by molar-refractivity contribution is -0.135. The summed E-state index contributed by atoms with van der Waals surface area (Å²) in [6.45, 7) is 1.71. The van der Waals surface area contributed by atoms with Crippen molar-refractivity contribution >= 4 is 34.7 Å². The Labute approximate surface area is 226 Å². The van der Waals surface area contributed by atoms with Gasteiger partial charge in [0.25, 0.3) is 0 Å². The van der Waals surface area contributed by atoms with Crippen molar-refractivity contribution < 1.29 is 18.7 Å². The van der Waals surface area contributed by atoms with Crippen LogP contribution in [-0.4, -0.2) is 60.7 Å². The minimum atomic E-state index is -0.707. The Bertz CT molecular complexity index is 1330. The predicted molar refractivity (Wildman–Crippen MR) is 144 cm³/mol. The topological polar surface area (TPSA) is 108 Å².